The smallest absolute Gasteiger partial charge is 0.257 e. The Morgan fingerprint density at radius 3 is 2.42 bits per heavy atom. The summed E-state index contributed by atoms with van der Waals surface area (Å²) in [5, 5.41) is 5.97. The van der Waals surface area contributed by atoms with E-state index in [2.05, 4.69) is 20.6 Å². The average Bonchev–Trinajstić information content (AvgIpc) is 2.68. The summed E-state index contributed by atoms with van der Waals surface area (Å²) < 4.78 is 0. The quantitative estimate of drug-likeness (QED) is 0.634. The van der Waals surface area contributed by atoms with Crippen LogP contribution in [0.5, 0.6) is 0 Å². The van der Waals surface area contributed by atoms with Gasteiger partial charge in [0.1, 0.15) is 0 Å². The molecular weight excluding hydrogens is 330 g/mol. The minimum Gasteiger partial charge on any atom is -0.380 e. The molecule has 0 aliphatic heterocycles. The van der Waals surface area contributed by atoms with Gasteiger partial charge in [0.2, 0.25) is 0 Å². The summed E-state index contributed by atoms with van der Waals surface area (Å²) in [6.45, 7) is 0.501. The van der Waals surface area contributed by atoms with E-state index in [4.69, 9.17) is 5.73 Å². The fraction of sp³-hybridized carbons (Fsp3) is 0.0526. The number of nitrogens with zero attached hydrogens (tertiary/aromatic N) is 2. The van der Waals surface area contributed by atoms with Gasteiger partial charge < -0.3 is 16.4 Å². The molecule has 0 bridgehead atoms. The molecule has 0 aliphatic carbocycles. The fourth-order valence-corrected chi connectivity index (χ4v) is 2.35. The second kappa shape index (κ2) is 7.89. The molecule has 2 aromatic heterocycles. The third-order valence-corrected chi connectivity index (χ3v) is 3.71. The highest BCUT2D eigenvalue weighted by atomic mass is 16.2. The molecule has 0 fully saturated rings. The normalized spacial score (nSPS) is 10.2. The third kappa shape index (κ3) is 4.21. The summed E-state index contributed by atoms with van der Waals surface area (Å²) in [6, 6.07) is 12.5. The maximum atomic E-state index is 12.1. The highest BCUT2D eigenvalue weighted by Crippen LogP contribution is 2.16. The highest BCUT2D eigenvalue weighted by Gasteiger charge is 2.08. The van der Waals surface area contributed by atoms with Crippen LogP contribution in [-0.2, 0) is 6.54 Å². The number of hydrogen-bond donors (Lipinski definition) is 3. The van der Waals surface area contributed by atoms with Crippen molar-refractivity contribution in [3.05, 3.63) is 83.9 Å². The average molecular weight is 347 g/mol. The number of carbonyl (C=O) groups is 2. The molecule has 0 radical (unpaired) electrons. The number of benzene rings is 1. The molecule has 2 heterocycles. The van der Waals surface area contributed by atoms with Gasteiger partial charge >= 0.3 is 0 Å². The molecule has 130 valence electrons. The van der Waals surface area contributed by atoms with Crippen LogP contribution in [0.1, 0.15) is 26.3 Å². The topological polar surface area (TPSA) is 110 Å². The van der Waals surface area contributed by atoms with Crippen molar-refractivity contribution < 1.29 is 9.59 Å². The molecule has 0 unspecified atom stereocenters. The fourth-order valence-electron chi connectivity index (χ4n) is 2.35. The van der Waals surface area contributed by atoms with Crippen molar-refractivity contribution in [1.29, 1.82) is 0 Å². The SMILES string of the molecule is NC(=O)c1cnccc1NCc1ccc(NC(=O)c2cccnc2)cc1. The molecule has 3 rings (SSSR count). The minimum absolute atomic E-state index is 0.216. The second-order valence-electron chi connectivity index (χ2n) is 5.53. The van der Waals surface area contributed by atoms with Crippen molar-refractivity contribution in [2.24, 2.45) is 5.73 Å². The number of primary amides is 1. The van der Waals surface area contributed by atoms with Crippen molar-refractivity contribution in [2.75, 3.05) is 10.6 Å². The number of amides is 2. The zero-order chi connectivity index (χ0) is 18.4. The van der Waals surface area contributed by atoms with Gasteiger partial charge in [-0.05, 0) is 35.9 Å². The lowest BCUT2D eigenvalue weighted by Gasteiger charge is -2.10. The van der Waals surface area contributed by atoms with Gasteiger partial charge in [-0.25, -0.2) is 0 Å². The molecule has 3 aromatic rings. The number of hydrogen-bond acceptors (Lipinski definition) is 5. The molecule has 0 spiro atoms. The van der Waals surface area contributed by atoms with Crippen molar-refractivity contribution in [2.45, 2.75) is 6.54 Å². The summed E-state index contributed by atoms with van der Waals surface area (Å²) in [5.74, 6) is -0.749. The van der Waals surface area contributed by atoms with E-state index in [0.717, 1.165) is 5.56 Å². The number of nitrogens with two attached hydrogens (primary N) is 1. The maximum Gasteiger partial charge on any atom is 0.257 e. The predicted octanol–water partition coefficient (Wildman–Crippen LogP) is 2.44. The van der Waals surface area contributed by atoms with E-state index in [0.29, 0.717) is 29.0 Å². The first-order valence-electron chi connectivity index (χ1n) is 7.91. The molecule has 1 aromatic carbocycles. The van der Waals surface area contributed by atoms with Gasteiger partial charge in [-0.15, -0.1) is 0 Å². The van der Waals surface area contributed by atoms with Crippen LogP contribution >= 0.6 is 0 Å². The van der Waals surface area contributed by atoms with Crippen molar-refractivity contribution in [3.63, 3.8) is 0 Å². The zero-order valence-electron chi connectivity index (χ0n) is 13.8. The number of aromatic nitrogens is 2. The molecule has 7 nitrogen and oxygen atoms in total. The Morgan fingerprint density at radius 1 is 0.962 bits per heavy atom. The number of carbonyl (C=O) groups excluding carboxylic acids is 2. The van der Waals surface area contributed by atoms with Crippen LogP contribution in [0.15, 0.2) is 67.3 Å². The van der Waals surface area contributed by atoms with Gasteiger partial charge in [-0.1, -0.05) is 12.1 Å². The van der Waals surface area contributed by atoms with Crippen LogP contribution in [-0.4, -0.2) is 21.8 Å². The number of anilines is 2. The molecule has 7 heteroatoms. The van der Waals surface area contributed by atoms with E-state index < -0.39 is 5.91 Å². The maximum absolute atomic E-state index is 12.1. The molecule has 0 atom stereocenters. The van der Waals surface area contributed by atoms with Crippen LogP contribution in [0.25, 0.3) is 0 Å². The summed E-state index contributed by atoms with van der Waals surface area (Å²) in [6.07, 6.45) is 6.15. The Morgan fingerprint density at radius 2 is 1.73 bits per heavy atom. The minimum atomic E-state index is -0.533. The number of nitrogens with one attached hydrogen (secondary N) is 2. The van der Waals surface area contributed by atoms with Crippen LogP contribution in [0.4, 0.5) is 11.4 Å². The summed E-state index contributed by atoms with van der Waals surface area (Å²) >= 11 is 0. The van der Waals surface area contributed by atoms with Gasteiger partial charge in [0.05, 0.1) is 16.8 Å². The van der Waals surface area contributed by atoms with Crippen LogP contribution in [0.2, 0.25) is 0 Å². The lowest BCUT2D eigenvalue weighted by Crippen LogP contribution is -2.14. The van der Waals surface area contributed by atoms with Crippen molar-refractivity contribution >= 4 is 23.2 Å². The molecule has 0 saturated carbocycles. The number of rotatable bonds is 6. The monoisotopic (exact) mass is 347 g/mol. The summed E-state index contributed by atoms with van der Waals surface area (Å²) in [5.41, 5.74) is 8.46. The van der Waals surface area contributed by atoms with Crippen LogP contribution < -0.4 is 16.4 Å². The number of pyridine rings is 2. The van der Waals surface area contributed by atoms with Crippen molar-refractivity contribution in [1.82, 2.24) is 9.97 Å². The van der Waals surface area contributed by atoms with Gasteiger partial charge in [-0.2, -0.15) is 0 Å². The summed E-state index contributed by atoms with van der Waals surface area (Å²) in [4.78, 5) is 31.3. The Balaban J connectivity index is 1.62. The molecular formula is C19H17N5O2. The van der Waals surface area contributed by atoms with E-state index in [-0.39, 0.29) is 5.91 Å². The van der Waals surface area contributed by atoms with E-state index in [1.54, 1.807) is 30.6 Å². The molecule has 26 heavy (non-hydrogen) atoms. The van der Waals surface area contributed by atoms with Gasteiger partial charge in [0.15, 0.2) is 0 Å². The van der Waals surface area contributed by atoms with Crippen LogP contribution in [0, 0.1) is 0 Å². The Bertz CT molecular complexity index is 911. The predicted molar refractivity (Wildman–Crippen MR) is 98.7 cm³/mol. The zero-order valence-corrected chi connectivity index (χ0v) is 13.8. The molecule has 4 N–H and O–H groups in total. The third-order valence-electron chi connectivity index (χ3n) is 3.71. The second-order valence-corrected chi connectivity index (χ2v) is 5.53. The Kier molecular flexibility index (Phi) is 5.19. The molecule has 2 amide bonds. The molecule has 0 saturated heterocycles. The lowest BCUT2D eigenvalue weighted by molar-refractivity contribution is 0.0998. The summed E-state index contributed by atoms with van der Waals surface area (Å²) in [7, 11) is 0. The lowest BCUT2D eigenvalue weighted by atomic mass is 10.1. The van der Waals surface area contributed by atoms with Gasteiger partial charge in [0, 0.05) is 37.0 Å². The standard InChI is InChI=1S/C19H17N5O2/c20-18(25)16-12-22-9-7-17(16)23-10-13-3-5-15(6-4-13)24-19(26)14-2-1-8-21-11-14/h1-9,11-12H,10H2,(H2,20,25)(H,22,23)(H,24,26). The first-order chi connectivity index (χ1) is 12.6. The largest absolute Gasteiger partial charge is 0.380 e. The molecule has 0 aliphatic rings. The van der Waals surface area contributed by atoms with Crippen LogP contribution in [0.3, 0.4) is 0 Å². The van der Waals surface area contributed by atoms with Crippen molar-refractivity contribution in [3.8, 4) is 0 Å². The Hall–Kier alpha value is -3.74. The van der Waals surface area contributed by atoms with Gasteiger partial charge in [0.25, 0.3) is 11.8 Å². The van der Waals surface area contributed by atoms with E-state index in [9.17, 15) is 9.59 Å². The van der Waals surface area contributed by atoms with Gasteiger partial charge in [-0.3, -0.25) is 19.6 Å². The first-order valence-corrected chi connectivity index (χ1v) is 7.91. The van der Waals surface area contributed by atoms with E-state index >= 15 is 0 Å². The Labute approximate surface area is 150 Å². The first kappa shape index (κ1) is 17.1. The van der Waals surface area contributed by atoms with E-state index in [1.165, 1.54) is 12.4 Å². The highest BCUT2D eigenvalue weighted by molar-refractivity contribution is 6.04. The van der Waals surface area contributed by atoms with E-state index in [1.807, 2.05) is 24.3 Å².